The van der Waals surface area contributed by atoms with Crippen molar-refractivity contribution in [2.75, 3.05) is 69.8 Å². The van der Waals surface area contributed by atoms with Gasteiger partial charge in [-0.2, -0.15) is 0 Å². The Morgan fingerprint density at radius 2 is 1.79 bits per heavy atom. The number of imidazole rings is 1. The van der Waals surface area contributed by atoms with E-state index in [2.05, 4.69) is 37.6 Å². The molecule has 2 unspecified atom stereocenters. The molecule has 0 spiro atoms. The Balaban J connectivity index is 0.939. The van der Waals surface area contributed by atoms with Gasteiger partial charge in [0.15, 0.2) is 5.11 Å². The number of hydrogen-bond donors (Lipinski definition) is 2. The molecule has 2 fully saturated rings. The van der Waals surface area contributed by atoms with Crippen molar-refractivity contribution in [2.45, 2.75) is 18.4 Å². The quantitative estimate of drug-likeness (QED) is 0.181. The summed E-state index contributed by atoms with van der Waals surface area (Å²) in [5.74, 6) is 0.506. The zero-order valence-corrected chi connectivity index (χ0v) is 28.4. The predicted molar refractivity (Wildman–Crippen MR) is 189 cm³/mol. The number of ether oxygens (including phenoxy) is 4. The lowest BCUT2D eigenvalue weighted by molar-refractivity contribution is -0.189. The van der Waals surface area contributed by atoms with Crippen LogP contribution in [0.25, 0.3) is 0 Å². The van der Waals surface area contributed by atoms with E-state index < -0.39 is 5.79 Å². The first-order chi connectivity index (χ1) is 22.9. The lowest BCUT2D eigenvalue weighted by atomic mass is 10.1. The van der Waals surface area contributed by atoms with Gasteiger partial charge in [0, 0.05) is 73.6 Å². The fourth-order valence-electron chi connectivity index (χ4n) is 5.72. The average Bonchev–Trinajstić information content (AvgIpc) is 3.75. The van der Waals surface area contributed by atoms with Crippen molar-refractivity contribution in [3.63, 3.8) is 0 Å². The summed E-state index contributed by atoms with van der Waals surface area (Å²) in [6.07, 6.45) is 5.01. The van der Waals surface area contributed by atoms with Crippen LogP contribution in [0.5, 0.6) is 11.5 Å². The van der Waals surface area contributed by atoms with Gasteiger partial charge in [0.05, 0.1) is 31.6 Å². The Hall–Kier alpha value is -3.58. The molecule has 13 heteroatoms. The molecule has 0 amide bonds. The molecule has 2 atom stereocenters. The average molecular weight is 698 g/mol. The molecule has 10 nitrogen and oxygen atoms in total. The van der Waals surface area contributed by atoms with E-state index in [1.165, 1.54) is 5.69 Å². The van der Waals surface area contributed by atoms with E-state index in [1.54, 1.807) is 31.8 Å². The molecule has 2 N–H and O–H groups in total. The molecule has 2 aliphatic rings. The molecule has 2 aliphatic heterocycles. The molecule has 4 aromatic rings. The second-order valence-corrected chi connectivity index (χ2v) is 12.7. The highest BCUT2D eigenvalue weighted by atomic mass is 35.5. The molecule has 3 aromatic carbocycles. The van der Waals surface area contributed by atoms with Gasteiger partial charge in [0.2, 0.25) is 5.79 Å². The zero-order chi connectivity index (χ0) is 32.6. The molecule has 0 bridgehead atoms. The summed E-state index contributed by atoms with van der Waals surface area (Å²) >= 11 is 18.2. The largest absolute Gasteiger partial charge is 0.497 e. The van der Waals surface area contributed by atoms with Gasteiger partial charge in [-0.3, -0.25) is 4.90 Å². The second kappa shape index (κ2) is 15.5. The van der Waals surface area contributed by atoms with Crippen LogP contribution in [0.2, 0.25) is 10.0 Å². The first kappa shape index (κ1) is 33.3. The van der Waals surface area contributed by atoms with Crippen molar-refractivity contribution in [1.82, 2.24) is 19.8 Å². The minimum atomic E-state index is -1.08. The SMILES string of the molecule is COc1ccc(NC(=S)NCCN2CCN(c3ccc(OCC4COC(Cn5ccnc5)(c5ccc(Cl)cc5Cl)O4)cc3)CC2)cc1. The molecular formula is C34H38Cl2N6O4S. The number of thiocarbonyl (C=S) groups is 1. The van der Waals surface area contributed by atoms with E-state index in [0.29, 0.717) is 40.5 Å². The first-order valence-electron chi connectivity index (χ1n) is 15.5. The summed E-state index contributed by atoms with van der Waals surface area (Å²) < 4.78 is 26.0. The number of anilines is 2. The molecule has 3 heterocycles. The highest BCUT2D eigenvalue weighted by Crippen LogP contribution is 2.40. The van der Waals surface area contributed by atoms with E-state index >= 15 is 0 Å². The molecule has 0 aliphatic carbocycles. The molecule has 2 saturated heterocycles. The van der Waals surface area contributed by atoms with E-state index in [4.69, 9.17) is 54.4 Å². The van der Waals surface area contributed by atoms with Crippen LogP contribution >= 0.6 is 35.4 Å². The molecule has 0 radical (unpaired) electrons. The van der Waals surface area contributed by atoms with Crippen LogP contribution in [0.4, 0.5) is 11.4 Å². The lowest BCUT2D eigenvalue weighted by Gasteiger charge is -2.36. The maximum absolute atomic E-state index is 6.59. The van der Waals surface area contributed by atoms with Gasteiger partial charge in [-0.05, 0) is 72.9 Å². The van der Waals surface area contributed by atoms with Gasteiger partial charge < -0.3 is 39.0 Å². The molecular weight excluding hydrogens is 659 g/mol. The summed E-state index contributed by atoms with van der Waals surface area (Å²) in [5.41, 5.74) is 2.82. The Labute approximate surface area is 290 Å². The molecule has 0 saturated carbocycles. The summed E-state index contributed by atoms with van der Waals surface area (Å²) in [7, 11) is 1.65. The predicted octanol–water partition coefficient (Wildman–Crippen LogP) is 5.65. The number of nitrogens with one attached hydrogen (secondary N) is 2. The van der Waals surface area contributed by atoms with Crippen LogP contribution < -0.4 is 25.0 Å². The Bertz CT molecular complexity index is 1600. The third kappa shape index (κ3) is 8.67. The smallest absolute Gasteiger partial charge is 0.215 e. The van der Waals surface area contributed by atoms with E-state index in [-0.39, 0.29) is 6.10 Å². The Kier molecular flexibility index (Phi) is 11.0. The summed E-state index contributed by atoms with van der Waals surface area (Å²) in [6.45, 7) is 6.65. The molecule has 1 aromatic heterocycles. The fraction of sp³-hybridized carbons (Fsp3) is 0.353. The lowest BCUT2D eigenvalue weighted by Crippen LogP contribution is -2.48. The Morgan fingerprint density at radius 3 is 2.49 bits per heavy atom. The van der Waals surface area contributed by atoms with Crippen LogP contribution in [0.15, 0.2) is 85.5 Å². The number of halogens is 2. The van der Waals surface area contributed by atoms with Gasteiger partial charge >= 0.3 is 0 Å². The van der Waals surface area contributed by atoms with Crippen molar-refractivity contribution in [1.29, 1.82) is 0 Å². The second-order valence-electron chi connectivity index (χ2n) is 11.4. The van der Waals surface area contributed by atoms with Crippen molar-refractivity contribution in [3.05, 3.63) is 101 Å². The highest BCUT2D eigenvalue weighted by Gasteiger charge is 2.45. The third-order valence-corrected chi connectivity index (χ3v) is 9.02. The normalized spacial score (nSPS) is 19.8. The summed E-state index contributed by atoms with van der Waals surface area (Å²) in [6, 6.07) is 21.3. The van der Waals surface area contributed by atoms with Crippen molar-refractivity contribution >= 4 is 51.9 Å². The standard InChI is InChI=1S/C34H38Cl2N6O4S/c1-43-28-7-3-26(4-8-28)39-33(47)38-13-15-40-16-18-42(19-17-40)27-5-9-29(10-6-27)44-21-30-22-45-34(46-30,23-41-14-12-37-24-41)31-11-2-25(35)20-32(31)36/h2-12,14,20,24,30H,13,15-19,21-23H2,1H3,(H2,38,39,47). The van der Waals surface area contributed by atoms with Crippen LogP contribution in [0.3, 0.4) is 0 Å². The topological polar surface area (TPSA) is 85.3 Å². The van der Waals surface area contributed by atoms with Gasteiger partial charge in [-0.15, -0.1) is 0 Å². The number of nitrogens with zero attached hydrogens (tertiary/aromatic N) is 4. The third-order valence-electron chi connectivity index (χ3n) is 8.22. The maximum atomic E-state index is 6.59. The van der Waals surface area contributed by atoms with Crippen LogP contribution in [-0.2, 0) is 21.8 Å². The van der Waals surface area contributed by atoms with Gasteiger partial charge in [-0.1, -0.05) is 29.3 Å². The first-order valence-corrected chi connectivity index (χ1v) is 16.7. The summed E-state index contributed by atoms with van der Waals surface area (Å²) in [5, 5.41) is 8.16. The Morgan fingerprint density at radius 1 is 1.02 bits per heavy atom. The van der Waals surface area contributed by atoms with Gasteiger partial charge in [0.1, 0.15) is 24.2 Å². The summed E-state index contributed by atoms with van der Waals surface area (Å²) in [4.78, 5) is 9.00. The molecule has 47 heavy (non-hydrogen) atoms. The van der Waals surface area contributed by atoms with E-state index in [1.807, 2.05) is 53.2 Å². The molecule has 248 valence electrons. The van der Waals surface area contributed by atoms with Gasteiger partial charge in [-0.25, -0.2) is 4.98 Å². The number of hydrogen-bond acceptors (Lipinski definition) is 8. The van der Waals surface area contributed by atoms with Crippen LogP contribution in [-0.4, -0.2) is 85.3 Å². The van der Waals surface area contributed by atoms with Gasteiger partial charge in [0.25, 0.3) is 0 Å². The highest BCUT2D eigenvalue weighted by molar-refractivity contribution is 7.80. The van der Waals surface area contributed by atoms with Crippen molar-refractivity contribution in [3.8, 4) is 11.5 Å². The number of piperazine rings is 1. The van der Waals surface area contributed by atoms with E-state index in [9.17, 15) is 0 Å². The van der Waals surface area contributed by atoms with E-state index in [0.717, 1.165) is 56.5 Å². The van der Waals surface area contributed by atoms with Crippen molar-refractivity contribution in [2.24, 2.45) is 0 Å². The minimum Gasteiger partial charge on any atom is -0.497 e. The maximum Gasteiger partial charge on any atom is 0.215 e. The minimum absolute atomic E-state index is 0.292. The van der Waals surface area contributed by atoms with Crippen LogP contribution in [0.1, 0.15) is 5.56 Å². The number of benzene rings is 3. The van der Waals surface area contributed by atoms with Crippen LogP contribution in [0, 0.1) is 0 Å². The molecule has 6 rings (SSSR count). The monoisotopic (exact) mass is 696 g/mol. The number of methoxy groups -OCH3 is 1. The van der Waals surface area contributed by atoms with Crippen molar-refractivity contribution < 1.29 is 18.9 Å². The number of rotatable bonds is 12. The zero-order valence-electron chi connectivity index (χ0n) is 26.1. The number of aromatic nitrogens is 2. The fourth-order valence-corrected chi connectivity index (χ4v) is 6.50.